The average Bonchev–Trinajstić information content (AvgIpc) is 2.39. The van der Waals surface area contributed by atoms with Crippen LogP contribution in [0, 0.1) is 0 Å². The highest BCUT2D eigenvalue weighted by Crippen LogP contribution is 2.40. The molecule has 1 aliphatic rings. The Morgan fingerprint density at radius 2 is 2.14 bits per heavy atom. The number of hydrogen-bond donors (Lipinski definition) is 4. The van der Waals surface area contributed by atoms with Crippen LogP contribution in [-0.4, -0.2) is 24.2 Å². The molecule has 0 unspecified atom stereocenters. The van der Waals surface area contributed by atoms with Crippen LogP contribution >= 0.6 is 15.9 Å². The molecule has 2 rings (SSSR count). The number of rotatable bonds is 3. The number of carbonyl (C=O) groups excluding carboxylic acids is 2. The highest BCUT2D eigenvalue weighted by molar-refractivity contribution is 9.10. The molecule has 7 nitrogen and oxygen atoms in total. The molecule has 1 heterocycles. The summed E-state index contributed by atoms with van der Waals surface area (Å²) in [5, 5.41) is 15.3. The van der Waals surface area contributed by atoms with Gasteiger partial charge in [0.05, 0.1) is 18.7 Å². The van der Waals surface area contributed by atoms with Gasteiger partial charge in [0, 0.05) is 15.7 Å². The fourth-order valence-electron chi connectivity index (χ4n) is 2.22. The van der Waals surface area contributed by atoms with E-state index in [0.717, 1.165) is 0 Å². The second kappa shape index (κ2) is 5.65. The second-order valence-electron chi connectivity index (χ2n) is 4.48. The number of hydrogen-bond acceptors (Lipinski definition) is 4. The van der Waals surface area contributed by atoms with Gasteiger partial charge < -0.3 is 26.2 Å². The third-order valence-corrected chi connectivity index (χ3v) is 3.59. The number of allylic oxidation sites excluding steroid dienone is 1. The van der Waals surface area contributed by atoms with Gasteiger partial charge >= 0.3 is 6.03 Å². The van der Waals surface area contributed by atoms with Gasteiger partial charge in [0.1, 0.15) is 0 Å². The van der Waals surface area contributed by atoms with Crippen LogP contribution < -0.4 is 21.1 Å². The number of methoxy groups -OCH3 is 1. The SMILES string of the molecule is COc1cc(Br)cc([C@@H]2NC(=O)NC(C)=C2C(N)=O)c1O. The molecule has 0 fully saturated rings. The van der Waals surface area contributed by atoms with E-state index in [-0.39, 0.29) is 17.1 Å². The monoisotopic (exact) mass is 355 g/mol. The molecule has 0 saturated heterocycles. The molecule has 112 valence electrons. The standard InChI is InChI=1S/C13H14BrN3O4/c1-5-9(12(15)19)10(17-13(20)16-5)7-3-6(14)4-8(21-2)11(7)18/h3-4,10,18H,1-2H3,(H2,15,19)(H2,16,17,20)/t10-/m0/s1. The van der Waals surface area contributed by atoms with Crippen molar-refractivity contribution in [1.29, 1.82) is 0 Å². The number of carbonyl (C=O) groups is 2. The van der Waals surface area contributed by atoms with E-state index in [2.05, 4.69) is 26.6 Å². The Balaban J connectivity index is 2.64. The number of urea groups is 1. The number of halogens is 1. The Labute approximate surface area is 129 Å². The molecule has 0 radical (unpaired) electrons. The molecular weight excluding hydrogens is 342 g/mol. The molecule has 0 bridgehead atoms. The third-order valence-electron chi connectivity index (χ3n) is 3.13. The normalized spacial score (nSPS) is 18.0. The van der Waals surface area contributed by atoms with Crippen molar-refractivity contribution in [2.75, 3.05) is 7.11 Å². The number of nitrogens with two attached hydrogens (primary N) is 1. The van der Waals surface area contributed by atoms with E-state index in [1.54, 1.807) is 19.1 Å². The number of benzene rings is 1. The Bertz CT molecular complexity index is 657. The van der Waals surface area contributed by atoms with Crippen molar-refractivity contribution in [2.45, 2.75) is 13.0 Å². The summed E-state index contributed by atoms with van der Waals surface area (Å²) in [5.41, 5.74) is 6.20. The summed E-state index contributed by atoms with van der Waals surface area (Å²) in [7, 11) is 1.41. The molecule has 1 atom stereocenters. The minimum absolute atomic E-state index is 0.167. The summed E-state index contributed by atoms with van der Waals surface area (Å²) in [6.07, 6.45) is 0. The van der Waals surface area contributed by atoms with Crippen molar-refractivity contribution in [3.63, 3.8) is 0 Å². The van der Waals surface area contributed by atoms with Crippen LogP contribution in [0.15, 0.2) is 27.9 Å². The molecule has 8 heteroatoms. The van der Waals surface area contributed by atoms with Crippen molar-refractivity contribution in [3.8, 4) is 11.5 Å². The fraction of sp³-hybridized carbons (Fsp3) is 0.231. The van der Waals surface area contributed by atoms with E-state index >= 15 is 0 Å². The molecule has 1 aromatic carbocycles. The molecule has 0 aromatic heterocycles. The van der Waals surface area contributed by atoms with Gasteiger partial charge in [-0.3, -0.25) is 4.79 Å². The lowest BCUT2D eigenvalue weighted by Crippen LogP contribution is -2.46. The molecular formula is C13H14BrN3O4. The molecule has 0 aliphatic carbocycles. The number of phenols is 1. The Hall–Kier alpha value is -2.22. The zero-order valence-corrected chi connectivity index (χ0v) is 12.9. The summed E-state index contributed by atoms with van der Waals surface area (Å²) in [4.78, 5) is 23.3. The smallest absolute Gasteiger partial charge is 0.319 e. The summed E-state index contributed by atoms with van der Waals surface area (Å²) in [5.74, 6) is -0.642. The maximum absolute atomic E-state index is 11.7. The summed E-state index contributed by atoms with van der Waals surface area (Å²) in [6.45, 7) is 1.57. The number of ether oxygens (including phenoxy) is 1. The minimum Gasteiger partial charge on any atom is -0.504 e. The second-order valence-corrected chi connectivity index (χ2v) is 5.40. The Morgan fingerprint density at radius 3 is 2.71 bits per heavy atom. The van der Waals surface area contributed by atoms with E-state index < -0.39 is 18.0 Å². The van der Waals surface area contributed by atoms with E-state index in [1.807, 2.05) is 0 Å². The first-order valence-corrected chi connectivity index (χ1v) is 6.79. The van der Waals surface area contributed by atoms with Crippen LogP contribution in [0.2, 0.25) is 0 Å². The van der Waals surface area contributed by atoms with Crippen LogP contribution in [0.3, 0.4) is 0 Å². The molecule has 1 aliphatic heterocycles. The van der Waals surface area contributed by atoms with E-state index in [0.29, 0.717) is 15.7 Å². The summed E-state index contributed by atoms with van der Waals surface area (Å²) in [6, 6.07) is 1.82. The molecule has 0 saturated carbocycles. The maximum atomic E-state index is 11.7. The number of phenolic OH excluding ortho intramolecular Hbond substituents is 1. The van der Waals surface area contributed by atoms with Crippen LogP contribution in [0.25, 0.3) is 0 Å². The first-order valence-electron chi connectivity index (χ1n) is 5.99. The van der Waals surface area contributed by atoms with Crippen LogP contribution in [0.1, 0.15) is 18.5 Å². The quantitative estimate of drug-likeness (QED) is 0.653. The van der Waals surface area contributed by atoms with Gasteiger partial charge in [0.15, 0.2) is 11.5 Å². The third kappa shape index (κ3) is 2.80. The highest BCUT2D eigenvalue weighted by Gasteiger charge is 2.32. The number of nitrogens with one attached hydrogen (secondary N) is 2. The number of aromatic hydroxyl groups is 1. The Kier molecular flexibility index (Phi) is 4.08. The van der Waals surface area contributed by atoms with Gasteiger partial charge in [-0.15, -0.1) is 0 Å². The topological polar surface area (TPSA) is 114 Å². The lowest BCUT2D eigenvalue weighted by atomic mass is 9.94. The maximum Gasteiger partial charge on any atom is 0.319 e. The zero-order valence-electron chi connectivity index (χ0n) is 11.4. The summed E-state index contributed by atoms with van der Waals surface area (Å²) < 4.78 is 5.69. The molecule has 0 spiro atoms. The first-order chi connectivity index (χ1) is 9.85. The van der Waals surface area contributed by atoms with Gasteiger partial charge in [-0.2, -0.15) is 0 Å². The minimum atomic E-state index is -0.859. The van der Waals surface area contributed by atoms with Crippen molar-refractivity contribution in [1.82, 2.24) is 10.6 Å². The van der Waals surface area contributed by atoms with Crippen LogP contribution in [0.4, 0.5) is 4.79 Å². The first kappa shape index (κ1) is 15.2. The molecule has 1 aromatic rings. The number of amides is 3. The Morgan fingerprint density at radius 1 is 1.48 bits per heavy atom. The summed E-state index contributed by atoms with van der Waals surface area (Å²) >= 11 is 3.29. The van der Waals surface area contributed by atoms with E-state index in [1.165, 1.54) is 7.11 Å². The highest BCUT2D eigenvalue weighted by atomic mass is 79.9. The molecule has 5 N–H and O–H groups in total. The predicted octanol–water partition coefficient (Wildman–Crippen LogP) is 1.28. The van der Waals surface area contributed by atoms with Crippen molar-refractivity contribution in [2.24, 2.45) is 5.73 Å². The van der Waals surface area contributed by atoms with Crippen LogP contribution in [0.5, 0.6) is 11.5 Å². The lowest BCUT2D eigenvalue weighted by Gasteiger charge is -2.28. The van der Waals surface area contributed by atoms with Crippen molar-refractivity contribution in [3.05, 3.63) is 33.4 Å². The lowest BCUT2D eigenvalue weighted by molar-refractivity contribution is -0.115. The molecule has 21 heavy (non-hydrogen) atoms. The van der Waals surface area contributed by atoms with E-state index in [4.69, 9.17) is 10.5 Å². The van der Waals surface area contributed by atoms with Crippen molar-refractivity contribution < 1.29 is 19.4 Å². The number of primary amides is 1. The largest absolute Gasteiger partial charge is 0.504 e. The predicted molar refractivity (Wildman–Crippen MR) is 78.7 cm³/mol. The van der Waals surface area contributed by atoms with Crippen molar-refractivity contribution >= 4 is 27.9 Å². The zero-order chi connectivity index (χ0) is 15.7. The van der Waals surface area contributed by atoms with Gasteiger partial charge in [-0.05, 0) is 19.1 Å². The molecule has 3 amide bonds. The van der Waals surface area contributed by atoms with Gasteiger partial charge in [0.2, 0.25) is 5.91 Å². The fourth-order valence-corrected chi connectivity index (χ4v) is 2.68. The van der Waals surface area contributed by atoms with E-state index in [9.17, 15) is 14.7 Å². The van der Waals surface area contributed by atoms with Crippen LogP contribution in [-0.2, 0) is 4.79 Å². The van der Waals surface area contributed by atoms with Gasteiger partial charge in [-0.25, -0.2) is 4.79 Å². The van der Waals surface area contributed by atoms with Gasteiger partial charge in [0.25, 0.3) is 0 Å². The average molecular weight is 356 g/mol. The van der Waals surface area contributed by atoms with Gasteiger partial charge in [-0.1, -0.05) is 15.9 Å².